The summed E-state index contributed by atoms with van der Waals surface area (Å²) in [7, 11) is 0. The molecule has 27 heavy (non-hydrogen) atoms. The molecule has 1 aliphatic rings. The highest BCUT2D eigenvalue weighted by Gasteiger charge is 2.22. The number of nitrogens with one attached hydrogen (secondary N) is 1. The molecular formula is C22H18FN3S. The van der Waals surface area contributed by atoms with E-state index in [4.69, 9.17) is 9.97 Å². The molecule has 0 saturated heterocycles. The first kappa shape index (κ1) is 16.4. The molecule has 0 unspecified atom stereocenters. The maximum Gasteiger partial charge on any atom is 0.143 e. The second-order valence-electron chi connectivity index (χ2n) is 6.82. The van der Waals surface area contributed by atoms with Gasteiger partial charge in [-0.1, -0.05) is 36.4 Å². The minimum atomic E-state index is -0.259. The third-order valence-electron chi connectivity index (χ3n) is 4.90. The number of nitrogens with zero attached hydrogens (tertiary/aromatic N) is 2. The lowest BCUT2D eigenvalue weighted by Crippen LogP contribution is -2.02. The number of fused-ring (bicyclic) bond motifs is 3. The van der Waals surface area contributed by atoms with Crippen LogP contribution >= 0.6 is 11.3 Å². The molecule has 0 radical (unpaired) electrons. The standard InChI is InChI=1S/C22H18FN3S/c23-15-8-4-9-16(13-15)24-21-20-17-10-5-11-18(17)27-22(20)26-19(25-21)12-14-6-2-1-3-7-14/h1-4,6-9,13H,5,10-12H2,(H,24,25,26). The molecule has 134 valence electrons. The molecule has 2 aromatic heterocycles. The Bertz CT molecular complexity index is 1120. The van der Waals surface area contributed by atoms with E-state index in [2.05, 4.69) is 17.4 Å². The summed E-state index contributed by atoms with van der Waals surface area (Å²) < 4.78 is 13.6. The van der Waals surface area contributed by atoms with Gasteiger partial charge >= 0.3 is 0 Å². The summed E-state index contributed by atoms with van der Waals surface area (Å²) in [6.07, 6.45) is 4.04. The number of anilines is 2. The van der Waals surface area contributed by atoms with E-state index < -0.39 is 0 Å². The van der Waals surface area contributed by atoms with Gasteiger partial charge in [0.1, 0.15) is 22.3 Å². The first-order chi connectivity index (χ1) is 13.3. The number of rotatable bonds is 4. The monoisotopic (exact) mass is 375 g/mol. The largest absolute Gasteiger partial charge is 0.339 e. The fraction of sp³-hybridized carbons (Fsp3) is 0.182. The quantitative estimate of drug-likeness (QED) is 0.501. The van der Waals surface area contributed by atoms with Gasteiger partial charge in [0.05, 0.1) is 5.39 Å². The van der Waals surface area contributed by atoms with Crippen molar-refractivity contribution in [1.82, 2.24) is 9.97 Å². The molecule has 5 rings (SSSR count). The number of hydrogen-bond donors (Lipinski definition) is 1. The van der Waals surface area contributed by atoms with Crippen LogP contribution in [0.15, 0.2) is 54.6 Å². The molecule has 0 spiro atoms. The van der Waals surface area contributed by atoms with Crippen molar-refractivity contribution in [3.8, 4) is 0 Å². The summed E-state index contributed by atoms with van der Waals surface area (Å²) in [4.78, 5) is 12.1. The summed E-state index contributed by atoms with van der Waals surface area (Å²) in [6, 6.07) is 16.7. The van der Waals surface area contributed by atoms with Gasteiger partial charge in [-0.05, 0) is 48.6 Å². The predicted octanol–water partition coefficient (Wildman–Crippen LogP) is 5.65. The van der Waals surface area contributed by atoms with E-state index in [9.17, 15) is 4.39 Å². The highest BCUT2D eigenvalue weighted by atomic mass is 32.1. The Morgan fingerprint density at radius 1 is 1.00 bits per heavy atom. The summed E-state index contributed by atoms with van der Waals surface area (Å²) >= 11 is 1.77. The van der Waals surface area contributed by atoms with Crippen LogP contribution in [0.25, 0.3) is 10.2 Å². The first-order valence-corrected chi connectivity index (χ1v) is 9.95. The highest BCUT2D eigenvalue weighted by Crippen LogP contribution is 2.40. The van der Waals surface area contributed by atoms with E-state index in [0.29, 0.717) is 12.1 Å². The number of aryl methyl sites for hydroxylation is 2. The second kappa shape index (κ2) is 6.74. The van der Waals surface area contributed by atoms with Gasteiger partial charge in [0.2, 0.25) is 0 Å². The van der Waals surface area contributed by atoms with Crippen molar-refractivity contribution in [1.29, 1.82) is 0 Å². The summed E-state index contributed by atoms with van der Waals surface area (Å²) in [6.45, 7) is 0. The minimum Gasteiger partial charge on any atom is -0.339 e. The van der Waals surface area contributed by atoms with Crippen molar-refractivity contribution >= 4 is 33.1 Å². The lowest BCUT2D eigenvalue weighted by Gasteiger charge is -2.10. The second-order valence-corrected chi connectivity index (χ2v) is 7.91. The topological polar surface area (TPSA) is 37.8 Å². The van der Waals surface area contributed by atoms with Gasteiger partial charge in [0.25, 0.3) is 0 Å². The van der Waals surface area contributed by atoms with Crippen LogP contribution in [0.5, 0.6) is 0 Å². The predicted molar refractivity (Wildman–Crippen MR) is 108 cm³/mol. The third-order valence-corrected chi connectivity index (χ3v) is 6.09. The Morgan fingerprint density at radius 2 is 1.89 bits per heavy atom. The number of halogens is 1. The van der Waals surface area contributed by atoms with Crippen LogP contribution in [0.1, 0.15) is 28.2 Å². The zero-order chi connectivity index (χ0) is 18.2. The number of aromatic nitrogens is 2. The Morgan fingerprint density at radius 3 is 2.74 bits per heavy atom. The lowest BCUT2D eigenvalue weighted by atomic mass is 10.1. The van der Waals surface area contributed by atoms with Crippen LogP contribution in [0, 0.1) is 5.82 Å². The SMILES string of the molecule is Fc1cccc(Nc2nc(Cc3ccccc3)nc3sc4c(c23)CCC4)c1. The average molecular weight is 375 g/mol. The molecule has 3 nitrogen and oxygen atoms in total. The lowest BCUT2D eigenvalue weighted by molar-refractivity contribution is 0.628. The van der Waals surface area contributed by atoms with Gasteiger partial charge in [-0.25, -0.2) is 14.4 Å². The van der Waals surface area contributed by atoms with Crippen molar-refractivity contribution in [3.63, 3.8) is 0 Å². The molecule has 0 atom stereocenters. The molecule has 2 heterocycles. The van der Waals surface area contributed by atoms with E-state index in [1.165, 1.54) is 34.6 Å². The first-order valence-electron chi connectivity index (χ1n) is 9.14. The maximum absolute atomic E-state index is 13.6. The van der Waals surface area contributed by atoms with Crippen LogP contribution in [0.3, 0.4) is 0 Å². The van der Waals surface area contributed by atoms with Crippen molar-refractivity contribution in [2.45, 2.75) is 25.7 Å². The molecule has 0 saturated carbocycles. The molecule has 1 aliphatic carbocycles. The molecule has 1 N–H and O–H groups in total. The average Bonchev–Trinajstić information content (AvgIpc) is 3.23. The molecular weight excluding hydrogens is 357 g/mol. The summed E-state index contributed by atoms with van der Waals surface area (Å²) in [5.74, 6) is 1.31. The molecule has 2 aromatic carbocycles. The van der Waals surface area contributed by atoms with E-state index in [-0.39, 0.29) is 5.82 Å². The van der Waals surface area contributed by atoms with Gasteiger partial charge in [-0.15, -0.1) is 11.3 Å². The zero-order valence-electron chi connectivity index (χ0n) is 14.7. The molecule has 5 heteroatoms. The number of benzene rings is 2. The number of thiophene rings is 1. The molecule has 0 bridgehead atoms. The van der Waals surface area contributed by atoms with Gasteiger partial charge in [-0.3, -0.25) is 0 Å². The molecule has 0 amide bonds. The summed E-state index contributed by atoms with van der Waals surface area (Å²) in [5.41, 5.74) is 3.25. The summed E-state index contributed by atoms with van der Waals surface area (Å²) in [5, 5.41) is 4.45. The Hall–Kier alpha value is -2.79. The van der Waals surface area contributed by atoms with Crippen molar-refractivity contribution in [2.75, 3.05) is 5.32 Å². The van der Waals surface area contributed by atoms with E-state index in [0.717, 1.165) is 34.7 Å². The van der Waals surface area contributed by atoms with Gasteiger partial charge in [0.15, 0.2) is 0 Å². The molecule has 4 aromatic rings. The zero-order valence-corrected chi connectivity index (χ0v) is 15.5. The minimum absolute atomic E-state index is 0.259. The molecule has 0 aliphatic heterocycles. The van der Waals surface area contributed by atoms with Crippen LogP contribution in [-0.2, 0) is 19.3 Å². The van der Waals surface area contributed by atoms with E-state index >= 15 is 0 Å². The van der Waals surface area contributed by atoms with Gasteiger partial charge in [0, 0.05) is 17.0 Å². The Balaban J connectivity index is 1.61. The number of hydrogen-bond acceptors (Lipinski definition) is 4. The van der Waals surface area contributed by atoms with Crippen LogP contribution < -0.4 is 5.32 Å². The van der Waals surface area contributed by atoms with Gasteiger partial charge < -0.3 is 5.32 Å². The highest BCUT2D eigenvalue weighted by molar-refractivity contribution is 7.19. The van der Waals surface area contributed by atoms with Crippen molar-refractivity contribution < 1.29 is 4.39 Å². The van der Waals surface area contributed by atoms with Crippen molar-refractivity contribution in [3.05, 3.63) is 82.2 Å². The van der Waals surface area contributed by atoms with Gasteiger partial charge in [-0.2, -0.15) is 0 Å². The Kier molecular flexibility index (Phi) is 4.09. The third kappa shape index (κ3) is 3.19. The normalized spacial score (nSPS) is 13.1. The van der Waals surface area contributed by atoms with Crippen LogP contribution in [0.4, 0.5) is 15.9 Å². The molecule has 0 fully saturated rings. The van der Waals surface area contributed by atoms with E-state index in [1.807, 2.05) is 24.3 Å². The van der Waals surface area contributed by atoms with E-state index in [1.54, 1.807) is 17.4 Å². The van der Waals surface area contributed by atoms with Crippen LogP contribution in [-0.4, -0.2) is 9.97 Å². The van der Waals surface area contributed by atoms with Crippen LogP contribution in [0.2, 0.25) is 0 Å². The van der Waals surface area contributed by atoms with Crippen molar-refractivity contribution in [2.24, 2.45) is 0 Å². The maximum atomic E-state index is 13.6. The Labute approximate surface area is 160 Å². The fourth-order valence-electron chi connectivity index (χ4n) is 3.69. The smallest absolute Gasteiger partial charge is 0.143 e. The fourth-order valence-corrected chi connectivity index (χ4v) is 4.97.